The minimum Gasteiger partial charge on any atom is -0.410 e. The van der Waals surface area contributed by atoms with Gasteiger partial charge in [0.2, 0.25) is 0 Å². The summed E-state index contributed by atoms with van der Waals surface area (Å²) < 4.78 is 22.0. The number of carbonyl (C=O) groups excluding carboxylic acids is 2. The number of rotatable bonds is 5. The van der Waals surface area contributed by atoms with Gasteiger partial charge in [-0.15, -0.1) is 0 Å². The molecule has 1 atom stereocenters. The van der Waals surface area contributed by atoms with Crippen LogP contribution in [0.15, 0.2) is 85.1 Å². The minimum absolute atomic E-state index is 0.0572. The first-order chi connectivity index (χ1) is 20.4. The third-order valence-corrected chi connectivity index (χ3v) is 7.99. The summed E-state index contributed by atoms with van der Waals surface area (Å²) >= 11 is 0. The van der Waals surface area contributed by atoms with Crippen molar-refractivity contribution >= 4 is 28.7 Å². The van der Waals surface area contributed by atoms with Crippen molar-refractivity contribution < 1.29 is 18.7 Å². The summed E-state index contributed by atoms with van der Waals surface area (Å²) in [6, 6.07) is 23.0. The molecule has 7 rings (SSSR count). The molecule has 9 heteroatoms. The lowest BCUT2D eigenvalue weighted by molar-refractivity contribution is 0.0672. The van der Waals surface area contributed by atoms with Crippen LogP contribution in [0.2, 0.25) is 0 Å². The molecule has 2 amide bonds. The molecule has 3 aromatic carbocycles. The molecule has 1 N–H and O–H groups in total. The average Bonchev–Trinajstić information content (AvgIpc) is 3.75. The first-order valence-corrected chi connectivity index (χ1v) is 14.1. The lowest BCUT2D eigenvalue weighted by Crippen LogP contribution is -2.39. The Morgan fingerprint density at radius 3 is 2.55 bits per heavy atom. The molecule has 42 heavy (non-hydrogen) atoms. The van der Waals surface area contributed by atoms with Crippen molar-refractivity contribution in [3.05, 3.63) is 113 Å². The van der Waals surface area contributed by atoms with Crippen LogP contribution in [0.25, 0.3) is 16.7 Å². The van der Waals surface area contributed by atoms with E-state index in [4.69, 9.17) is 9.72 Å². The summed E-state index contributed by atoms with van der Waals surface area (Å²) in [5, 5.41) is 7.23. The van der Waals surface area contributed by atoms with Crippen molar-refractivity contribution in [3.8, 4) is 11.4 Å². The van der Waals surface area contributed by atoms with Gasteiger partial charge in [0.15, 0.2) is 5.82 Å². The molecule has 2 aromatic heterocycles. The number of carbonyl (C=O) groups is 2. The molecule has 5 aromatic rings. The Bertz CT molecular complexity index is 1830. The van der Waals surface area contributed by atoms with Crippen LogP contribution in [-0.2, 0) is 6.42 Å². The van der Waals surface area contributed by atoms with Gasteiger partial charge < -0.3 is 9.64 Å². The third-order valence-electron chi connectivity index (χ3n) is 7.99. The standard InChI is InChI=1S/C33H28FN5O3/c1-20-25-10-6-5-7-21(25)15-16-38(20)32(40)28-18-26(22-11-12-22)31-29(36-28)19-39(37-31)30-14-13-23(17-27(30)34)35-33(41)42-24-8-3-2-4-9-24/h2-10,13-14,17-20,22H,11-12,15-16H2,1H3,(H,35,41)/t20-/m1/s1. The number of benzene rings is 3. The Hall–Kier alpha value is -5.05. The normalized spacial score (nSPS) is 16.2. The van der Waals surface area contributed by atoms with E-state index in [1.807, 2.05) is 29.2 Å². The maximum absolute atomic E-state index is 15.3. The quantitative estimate of drug-likeness (QED) is 0.255. The molecule has 0 unspecified atom stereocenters. The number of fused-ring (bicyclic) bond motifs is 2. The average molecular weight is 562 g/mol. The number of anilines is 1. The van der Waals surface area contributed by atoms with E-state index in [1.165, 1.54) is 22.4 Å². The van der Waals surface area contributed by atoms with Crippen LogP contribution >= 0.6 is 0 Å². The second-order valence-corrected chi connectivity index (χ2v) is 10.8. The van der Waals surface area contributed by atoms with E-state index >= 15 is 4.39 Å². The zero-order chi connectivity index (χ0) is 28.8. The number of pyridine rings is 1. The van der Waals surface area contributed by atoms with Crippen LogP contribution in [0, 0.1) is 5.82 Å². The molecule has 1 saturated carbocycles. The van der Waals surface area contributed by atoms with Crippen molar-refractivity contribution in [1.82, 2.24) is 19.7 Å². The van der Waals surface area contributed by atoms with Gasteiger partial charge in [0.25, 0.3) is 5.91 Å². The van der Waals surface area contributed by atoms with E-state index in [0.29, 0.717) is 34.9 Å². The van der Waals surface area contributed by atoms with Gasteiger partial charge in [0, 0.05) is 12.2 Å². The van der Waals surface area contributed by atoms with Gasteiger partial charge in [-0.25, -0.2) is 18.9 Å². The highest BCUT2D eigenvalue weighted by atomic mass is 19.1. The Morgan fingerprint density at radius 1 is 0.976 bits per heavy atom. The molecule has 8 nitrogen and oxygen atoms in total. The van der Waals surface area contributed by atoms with Crippen LogP contribution < -0.4 is 10.1 Å². The van der Waals surface area contributed by atoms with Gasteiger partial charge in [-0.1, -0.05) is 42.5 Å². The van der Waals surface area contributed by atoms with Crippen LogP contribution in [0.3, 0.4) is 0 Å². The number of aromatic nitrogens is 3. The number of para-hydroxylation sites is 1. The SMILES string of the molecule is C[C@@H]1c2ccccc2CCN1C(=O)c1cc(C2CC2)c2nn(-c3ccc(NC(=O)Oc4ccccc4)cc3F)cc2n1. The Labute approximate surface area is 241 Å². The maximum Gasteiger partial charge on any atom is 0.417 e. The molecular weight excluding hydrogens is 533 g/mol. The van der Waals surface area contributed by atoms with Crippen molar-refractivity contribution in [2.75, 3.05) is 11.9 Å². The van der Waals surface area contributed by atoms with Gasteiger partial charge in [0.1, 0.15) is 28.2 Å². The van der Waals surface area contributed by atoms with Crippen LogP contribution in [0.4, 0.5) is 14.9 Å². The topological polar surface area (TPSA) is 89.4 Å². The van der Waals surface area contributed by atoms with E-state index < -0.39 is 11.9 Å². The number of halogens is 1. The number of hydrogen-bond donors (Lipinski definition) is 1. The van der Waals surface area contributed by atoms with Crippen LogP contribution in [0.5, 0.6) is 5.75 Å². The summed E-state index contributed by atoms with van der Waals surface area (Å²) in [4.78, 5) is 32.6. The Morgan fingerprint density at radius 2 is 1.76 bits per heavy atom. The molecule has 1 aliphatic heterocycles. The number of hydrogen-bond acceptors (Lipinski definition) is 5. The van der Waals surface area contributed by atoms with Crippen LogP contribution in [-0.4, -0.2) is 38.2 Å². The van der Waals surface area contributed by atoms with Gasteiger partial charge in [0.05, 0.1) is 12.2 Å². The Balaban J connectivity index is 1.16. The van der Waals surface area contributed by atoms with Gasteiger partial charge in [-0.05, 0) is 85.2 Å². The zero-order valence-electron chi connectivity index (χ0n) is 23.0. The second kappa shape index (κ2) is 10.4. The largest absolute Gasteiger partial charge is 0.417 e. The minimum atomic E-state index is -0.722. The summed E-state index contributed by atoms with van der Waals surface area (Å²) in [5.74, 6) is -0.00778. The summed E-state index contributed by atoms with van der Waals surface area (Å²) in [5.41, 5.74) is 5.44. The highest BCUT2D eigenvalue weighted by Gasteiger charge is 2.32. The zero-order valence-corrected chi connectivity index (χ0v) is 23.0. The van der Waals surface area contributed by atoms with Gasteiger partial charge in [-0.2, -0.15) is 5.10 Å². The molecule has 0 radical (unpaired) electrons. The monoisotopic (exact) mass is 561 g/mol. The fourth-order valence-corrected chi connectivity index (χ4v) is 5.67. The molecule has 1 aliphatic carbocycles. The van der Waals surface area contributed by atoms with Gasteiger partial charge in [-0.3, -0.25) is 10.1 Å². The first kappa shape index (κ1) is 25.9. The molecule has 2 aliphatic rings. The van der Waals surface area contributed by atoms with Gasteiger partial charge >= 0.3 is 6.09 Å². The summed E-state index contributed by atoms with van der Waals surface area (Å²) in [7, 11) is 0. The predicted molar refractivity (Wildman–Crippen MR) is 156 cm³/mol. The number of ether oxygens (including phenoxy) is 1. The van der Waals surface area contributed by atoms with Crippen molar-refractivity contribution in [2.45, 2.75) is 38.1 Å². The molecule has 3 heterocycles. The van der Waals surface area contributed by atoms with E-state index in [1.54, 1.807) is 36.5 Å². The highest BCUT2D eigenvalue weighted by Crippen LogP contribution is 2.43. The van der Waals surface area contributed by atoms with Crippen molar-refractivity contribution in [2.24, 2.45) is 0 Å². The lowest BCUT2D eigenvalue weighted by Gasteiger charge is -2.35. The first-order valence-electron chi connectivity index (χ1n) is 14.1. The van der Waals surface area contributed by atoms with E-state index in [0.717, 1.165) is 30.4 Å². The predicted octanol–water partition coefficient (Wildman–Crippen LogP) is 6.81. The van der Waals surface area contributed by atoms with Crippen LogP contribution in [0.1, 0.15) is 58.9 Å². The lowest BCUT2D eigenvalue weighted by atomic mass is 9.93. The van der Waals surface area contributed by atoms with Crippen molar-refractivity contribution in [3.63, 3.8) is 0 Å². The smallest absolute Gasteiger partial charge is 0.410 e. The van der Waals surface area contributed by atoms with E-state index in [2.05, 4.69) is 29.5 Å². The summed E-state index contributed by atoms with van der Waals surface area (Å²) in [6.45, 7) is 2.68. The number of nitrogens with one attached hydrogen (secondary N) is 1. The molecule has 0 bridgehead atoms. The van der Waals surface area contributed by atoms with Crippen molar-refractivity contribution in [1.29, 1.82) is 0 Å². The second-order valence-electron chi connectivity index (χ2n) is 10.8. The molecular formula is C33H28FN5O3. The fraction of sp³-hybridized carbons (Fsp3) is 0.212. The summed E-state index contributed by atoms with van der Waals surface area (Å²) in [6.07, 6.45) is 3.76. The maximum atomic E-state index is 15.3. The third kappa shape index (κ3) is 4.87. The Kier molecular flexibility index (Phi) is 6.42. The van der Waals surface area contributed by atoms with E-state index in [9.17, 15) is 9.59 Å². The fourth-order valence-electron chi connectivity index (χ4n) is 5.67. The number of nitrogens with zero attached hydrogens (tertiary/aromatic N) is 4. The molecule has 0 spiro atoms. The number of amides is 2. The molecule has 1 fully saturated rings. The molecule has 210 valence electrons. The highest BCUT2D eigenvalue weighted by molar-refractivity contribution is 5.96. The molecule has 0 saturated heterocycles. The van der Waals surface area contributed by atoms with E-state index in [-0.39, 0.29) is 23.3 Å².